The van der Waals surface area contributed by atoms with E-state index >= 15 is 0 Å². The number of aromatic amines is 1. The number of H-pyrrole nitrogens is 1. The van der Waals surface area contributed by atoms with Crippen molar-refractivity contribution in [2.24, 2.45) is 5.92 Å². The lowest BCUT2D eigenvalue weighted by molar-refractivity contribution is -0.118. The van der Waals surface area contributed by atoms with Gasteiger partial charge >= 0.3 is 0 Å². The highest BCUT2D eigenvalue weighted by Gasteiger charge is 2.24. The molecule has 29 heavy (non-hydrogen) atoms. The molecule has 0 aliphatic carbocycles. The van der Waals surface area contributed by atoms with E-state index in [1.54, 1.807) is 18.2 Å². The van der Waals surface area contributed by atoms with Crippen molar-refractivity contribution in [2.75, 3.05) is 12.1 Å². The summed E-state index contributed by atoms with van der Waals surface area (Å²) in [5, 5.41) is 5.59. The smallest absolute Gasteiger partial charge is 0.252 e. The summed E-state index contributed by atoms with van der Waals surface area (Å²) >= 11 is 0. The van der Waals surface area contributed by atoms with Crippen LogP contribution in [0.25, 0.3) is 11.0 Å². The number of rotatable bonds is 6. The Labute approximate surface area is 167 Å². The van der Waals surface area contributed by atoms with Crippen LogP contribution in [0, 0.1) is 5.92 Å². The highest BCUT2D eigenvalue weighted by Crippen LogP contribution is 2.32. The van der Waals surface area contributed by atoms with Crippen LogP contribution in [0.3, 0.4) is 0 Å². The number of nitrogens with one attached hydrogen (secondary N) is 3. The van der Waals surface area contributed by atoms with E-state index < -0.39 is 6.04 Å². The summed E-state index contributed by atoms with van der Waals surface area (Å²) in [6.45, 7) is 4.12. The number of hydrogen-bond acceptors (Lipinski definition) is 5. The van der Waals surface area contributed by atoms with Crippen LogP contribution in [-0.2, 0) is 4.79 Å². The molecule has 0 radical (unpaired) electrons. The summed E-state index contributed by atoms with van der Waals surface area (Å²) in [5.74, 6) is 0.994. The Morgan fingerprint density at radius 3 is 2.72 bits per heavy atom. The van der Waals surface area contributed by atoms with E-state index in [0.29, 0.717) is 29.4 Å². The van der Waals surface area contributed by atoms with Gasteiger partial charge in [0.05, 0.1) is 11.0 Å². The van der Waals surface area contributed by atoms with Crippen LogP contribution in [0.5, 0.6) is 11.5 Å². The van der Waals surface area contributed by atoms with Gasteiger partial charge in [-0.05, 0) is 42.7 Å². The van der Waals surface area contributed by atoms with Crippen LogP contribution in [0.4, 0.5) is 5.95 Å². The van der Waals surface area contributed by atoms with E-state index in [4.69, 9.17) is 9.47 Å². The van der Waals surface area contributed by atoms with Crippen molar-refractivity contribution in [3.8, 4) is 11.5 Å². The quantitative estimate of drug-likeness (QED) is 0.596. The molecule has 1 aromatic heterocycles. The Bertz CT molecular complexity index is 1030. The molecule has 8 nitrogen and oxygen atoms in total. The fourth-order valence-corrected chi connectivity index (χ4v) is 3.20. The number of imidazole rings is 1. The maximum Gasteiger partial charge on any atom is 0.252 e. The van der Waals surface area contributed by atoms with E-state index in [0.717, 1.165) is 11.0 Å². The Kier molecular flexibility index (Phi) is 5.07. The fraction of sp³-hybridized carbons (Fsp3) is 0.286. The first-order chi connectivity index (χ1) is 14.0. The van der Waals surface area contributed by atoms with Crippen molar-refractivity contribution in [3.05, 3.63) is 48.0 Å². The molecule has 1 atom stereocenters. The fourth-order valence-electron chi connectivity index (χ4n) is 3.20. The lowest BCUT2D eigenvalue weighted by atomic mass is 10.0. The molecule has 4 rings (SSSR count). The molecule has 0 unspecified atom stereocenters. The Morgan fingerprint density at radius 1 is 1.14 bits per heavy atom. The number of para-hydroxylation sites is 2. The van der Waals surface area contributed by atoms with Gasteiger partial charge in [0.15, 0.2) is 11.5 Å². The zero-order valence-corrected chi connectivity index (χ0v) is 16.2. The summed E-state index contributed by atoms with van der Waals surface area (Å²) in [6.07, 6.45) is 0.488. The van der Waals surface area contributed by atoms with Crippen molar-refractivity contribution in [1.29, 1.82) is 0 Å². The molecule has 8 heteroatoms. The van der Waals surface area contributed by atoms with E-state index in [1.165, 1.54) is 0 Å². The number of aromatic nitrogens is 2. The van der Waals surface area contributed by atoms with Crippen molar-refractivity contribution in [3.63, 3.8) is 0 Å². The van der Waals surface area contributed by atoms with Gasteiger partial charge in [0.2, 0.25) is 18.6 Å². The molecule has 2 amide bonds. The van der Waals surface area contributed by atoms with Crippen molar-refractivity contribution >= 4 is 28.8 Å². The molecule has 3 aromatic rings. The van der Waals surface area contributed by atoms with Crippen LogP contribution in [-0.4, -0.2) is 34.6 Å². The lowest BCUT2D eigenvalue weighted by Crippen LogP contribution is -2.44. The van der Waals surface area contributed by atoms with Gasteiger partial charge in [-0.15, -0.1) is 0 Å². The second kappa shape index (κ2) is 7.83. The normalized spacial score (nSPS) is 13.5. The molecule has 0 fully saturated rings. The van der Waals surface area contributed by atoms with Gasteiger partial charge in [-0.2, -0.15) is 0 Å². The van der Waals surface area contributed by atoms with Gasteiger partial charge in [-0.3, -0.25) is 14.9 Å². The van der Waals surface area contributed by atoms with E-state index in [1.807, 2.05) is 38.1 Å². The van der Waals surface area contributed by atoms with Crippen LogP contribution >= 0.6 is 0 Å². The Hall–Kier alpha value is -3.55. The van der Waals surface area contributed by atoms with Gasteiger partial charge in [-0.1, -0.05) is 26.0 Å². The number of fused-ring (bicyclic) bond motifs is 2. The minimum absolute atomic E-state index is 0.135. The molecule has 1 aliphatic heterocycles. The van der Waals surface area contributed by atoms with Gasteiger partial charge in [0.1, 0.15) is 6.04 Å². The van der Waals surface area contributed by atoms with E-state index in [2.05, 4.69) is 20.6 Å². The number of hydrogen-bond donors (Lipinski definition) is 3. The first-order valence-corrected chi connectivity index (χ1v) is 9.45. The van der Waals surface area contributed by atoms with Crippen molar-refractivity contribution in [1.82, 2.24) is 15.3 Å². The molecule has 0 saturated heterocycles. The summed E-state index contributed by atoms with van der Waals surface area (Å²) in [6, 6.07) is 11.7. The van der Waals surface area contributed by atoms with Gasteiger partial charge in [0, 0.05) is 5.56 Å². The number of amides is 2. The molecular formula is C21H22N4O4. The molecule has 0 spiro atoms. The van der Waals surface area contributed by atoms with E-state index in [9.17, 15) is 9.59 Å². The van der Waals surface area contributed by atoms with Crippen molar-refractivity contribution in [2.45, 2.75) is 26.3 Å². The van der Waals surface area contributed by atoms with Gasteiger partial charge in [-0.25, -0.2) is 4.98 Å². The van der Waals surface area contributed by atoms with Crippen LogP contribution < -0.4 is 20.1 Å². The zero-order valence-electron chi connectivity index (χ0n) is 16.2. The SMILES string of the molecule is CC(C)C[C@@H](NC(=O)c1ccc2c(c1)OCO2)C(=O)Nc1nc2ccccc2[nH]1. The minimum atomic E-state index is -0.707. The standard InChI is InChI=1S/C21H22N4O4/c1-12(2)9-16(20(27)25-21-23-14-5-3-4-6-15(14)24-21)22-19(26)13-7-8-17-18(10-13)29-11-28-17/h3-8,10,12,16H,9,11H2,1-2H3,(H,22,26)(H2,23,24,25,27)/t16-/m1/s1. The van der Waals surface area contributed by atoms with Crippen LogP contribution in [0.1, 0.15) is 30.6 Å². The average Bonchev–Trinajstić information content (AvgIpc) is 3.32. The monoisotopic (exact) mass is 394 g/mol. The topological polar surface area (TPSA) is 105 Å². The number of ether oxygens (including phenoxy) is 2. The molecular weight excluding hydrogens is 372 g/mol. The summed E-state index contributed by atoms with van der Waals surface area (Å²) < 4.78 is 10.6. The predicted octanol–water partition coefficient (Wildman–Crippen LogP) is 3.07. The Morgan fingerprint density at radius 2 is 1.93 bits per heavy atom. The molecule has 0 bridgehead atoms. The number of nitrogens with zero attached hydrogens (tertiary/aromatic N) is 1. The maximum atomic E-state index is 12.8. The van der Waals surface area contributed by atoms with Gasteiger partial charge < -0.3 is 19.8 Å². The van der Waals surface area contributed by atoms with Crippen molar-refractivity contribution < 1.29 is 19.1 Å². The molecule has 2 aromatic carbocycles. The number of carbonyl (C=O) groups is 2. The molecule has 3 N–H and O–H groups in total. The third-order valence-electron chi connectivity index (χ3n) is 4.59. The van der Waals surface area contributed by atoms with Gasteiger partial charge in [0.25, 0.3) is 5.91 Å². The highest BCUT2D eigenvalue weighted by atomic mass is 16.7. The molecule has 2 heterocycles. The third-order valence-corrected chi connectivity index (χ3v) is 4.59. The summed E-state index contributed by atoms with van der Waals surface area (Å²) in [4.78, 5) is 33.0. The second-order valence-electron chi connectivity index (χ2n) is 7.32. The number of anilines is 1. The molecule has 150 valence electrons. The summed E-state index contributed by atoms with van der Waals surface area (Å²) in [7, 11) is 0. The third kappa shape index (κ3) is 4.16. The average molecular weight is 394 g/mol. The predicted molar refractivity (Wildman–Crippen MR) is 108 cm³/mol. The second-order valence-corrected chi connectivity index (χ2v) is 7.32. The largest absolute Gasteiger partial charge is 0.454 e. The maximum absolute atomic E-state index is 12.8. The van der Waals surface area contributed by atoms with E-state index in [-0.39, 0.29) is 24.5 Å². The van der Waals surface area contributed by atoms with Crippen LogP contribution in [0.2, 0.25) is 0 Å². The number of carbonyl (C=O) groups excluding carboxylic acids is 2. The highest BCUT2D eigenvalue weighted by molar-refractivity contribution is 6.01. The first kappa shape index (κ1) is 18.8. The number of benzene rings is 2. The molecule has 0 saturated carbocycles. The molecule has 1 aliphatic rings. The van der Waals surface area contributed by atoms with Crippen LogP contribution in [0.15, 0.2) is 42.5 Å². The Balaban J connectivity index is 1.48. The first-order valence-electron chi connectivity index (χ1n) is 9.45. The summed E-state index contributed by atoms with van der Waals surface area (Å²) in [5.41, 5.74) is 1.99. The minimum Gasteiger partial charge on any atom is -0.454 e. The zero-order chi connectivity index (χ0) is 20.4. The lowest BCUT2D eigenvalue weighted by Gasteiger charge is -2.19.